The summed E-state index contributed by atoms with van der Waals surface area (Å²) in [7, 11) is 1.64. The maximum atomic E-state index is 5.56. The molecule has 0 N–H and O–H groups in total. The first-order valence-corrected chi connectivity index (χ1v) is 11.3. The second-order valence-electron chi connectivity index (χ2n) is 6.49. The molecule has 0 aliphatic rings. The second kappa shape index (κ2) is 8.78. The molecular formula is C21H17N5O3S2. The molecule has 0 radical (unpaired) electrons. The number of hydrogen-bond donors (Lipinski definition) is 0. The summed E-state index contributed by atoms with van der Waals surface area (Å²) in [6.07, 6.45) is 1.66. The number of thiophene rings is 1. The molecule has 5 aromatic rings. The van der Waals surface area contributed by atoms with E-state index < -0.39 is 0 Å². The number of methoxy groups -OCH3 is 1. The standard InChI is InChI=1S/C21H17N5O3S2/c1-27-15-6-2-5-14(11-15)19-23-24-21(26(19)12-16-7-3-9-28-16)31-13-18-22-20(29-25-18)17-8-4-10-30-17/h2-11H,12-13H2,1H3. The number of benzene rings is 1. The van der Waals surface area contributed by atoms with E-state index in [1.54, 1.807) is 24.7 Å². The van der Waals surface area contributed by atoms with Crippen molar-refractivity contribution in [1.29, 1.82) is 0 Å². The lowest BCUT2D eigenvalue weighted by Crippen LogP contribution is -2.03. The van der Waals surface area contributed by atoms with Crippen LogP contribution >= 0.6 is 23.1 Å². The van der Waals surface area contributed by atoms with Crippen molar-refractivity contribution in [3.05, 3.63) is 71.8 Å². The smallest absolute Gasteiger partial charge is 0.268 e. The summed E-state index contributed by atoms with van der Waals surface area (Å²) in [6.45, 7) is 0.502. The van der Waals surface area contributed by atoms with Gasteiger partial charge in [0.15, 0.2) is 16.8 Å². The molecule has 0 saturated carbocycles. The van der Waals surface area contributed by atoms with E-state index in [0.29, 0.717) is 24.0 Å². The van der Waals surface area contributed by atoms with E-state index in [-0.39, 0.29) is 0 Å². The minimum absolute atomic E-state index is 0.502. The highest BCUT2D eigenvalue weighted by Gasteiger charge is 2.18. The van der Waals surface area contributed by atoms with E-state index in [1.165, 1.54) is 11.8 Å². The van der Waals surface area contributed by atoms with Gasteiger partial charge in [0.25, 0.3) is 5.89 Å². The number of furan rings is 1. The number of nitrogens with zero attached hydrogens (tertiary/aromatic N) is 5. The van der Waals surface area contributed by atoms with Crippen molar-refractivity contribution < 1.29 is 13.7 Å². The average Bonchev–Trinajstić information content (AvgIpc) is 3.60. The summed E-state index contributed by atoms with van der Waals surface area (Å²) in [6, 6.07) is 15.4. The first kappa shape index (κ1) is 19.6. The predicted molar refractivity (Wildman–Crippen MR) is 117 cm³/mol. The van der Waals surface area contributed by atoms with E-state index in [9.17, 15) is 0 Å². The van der Waals surface area contributed by atoms with E-state index in [4.69, 9.17) is 13.7 Å². The highest BCUT2D eigenvalue weighted by atomic mass is 32.2. The van der Waals surface area contributed by atoms with E-state index in [2.05, 4.69) is 20.3 Å². The molecular weight excluding hydrogens is 434 g/mol. The number of thioether (sulfide) groups is 1. The van der Waals surface area contributed by atoms with Crippen molar-refractivity contribution in [2.45, 2.75) is 17.5 Å². The minimum atomic E-state index is 0.502. The quantitative estimate of drug-likeness (QED) is 0.304. The van der Waals surface area contributed by atoms with E-state index in [1.807, 2.05) is 58.5 Å². The van der Waals surface area contributed by atoms with Gasteiger partial charge in [0.1, 0.15) is 11.5 Å². The zero-order chi connectivity index (χ0) is 21.0. The zero-order valence-electron chi connectivity index (χ0n) is 16.5. The number of aromatic nitrogens is 5. The van der Waals surface area contributed by atoms with Gasteiger partial charge in [-0.25, -0.2) is 0 Å². The molecule has 0 aliphatic carbocycles. The Hall–Kier alpha value is -3.37. The van der Waals surface area contributed by atoms with Crippen LogP contribution in [0.4, 0.5) is 0 Å². The summed E-state index contributed by atoms with van der Waals surface area (Å²) >= 11 is 3.05. The summed E-state index contributed by atoms with van der Waals surface area (Å²) in [5.74, 6) is 3.93. The second-order valence-corrected chi connectivity index (χ2v) is 8.38. The van der Waals surface area contributed by atoms with Gasteiger partial charge in [-0.15, -0.1) is 21.5 Å². The molecule has 5 rings (SSSR count). The van der Waals surface area contributed by atoms with Gasteiger partial charge < -0.3 is 13.7 Å². The third-order valence-corrected chi connectivity index (χ3v) is 6.29. The van der Waals surface area contributed by atoms with Gasteiger partial charge in [0.2, 0.25) is 0 Å². The fraction of sp³-hybridized carbons (Fsp3) is 0.143. The maximum absolute atomic E-state index is 5.56. The molecule has 31 heavy (non-hydrogen) atoms. The Balaban J connectivity index is 1.42. The largest absolute Gasteiger partial charge is 0.497 e. The third-order valence-electron chi connectivity index (χ3n) is 4.47. The molecule has 0 aliphatic heterocycles. The zero-order valence-corrected chi connectivity index (χ0v) is 18.1. The van der Waals surface area contributed by atoms with Gasteiger partial charge in [0, 0.05) is 5.56 Å². The first-order valence-electron chi connectivity index (χ1n) is 9.39. The molecule has 4 heterocycles. The Kier molecular flexibility index (Phi) is 5.55. The molecule has 0 spiro atoms. The van der Waals surface area contributed by atoms with Crippen molar-refractivity contribution >= 4 is 23.1 Å². The molecule has 1 aromatic carbocycles. The number of rotatable bonds is 8. The molecule has 8 nitrogen and oxygen atoms in total. The van der Waals surface area contributed by atoms with Gasteiger partial charge in [0.05, 0.1) is 30.5 Å². The van der Waals surface area contributed by atoms with Crippen LogP contribution in [-0.4, -0.2) is 32.0 Å². The fourth-order valence-corrected chi connectivity index (χ4v) is 4.44. The molecule has 0 saturated heterocycles. The van der Waals surface area contributed by atoms with Crippen LogP contribution in [0.1, 0.15) is 11.6 Å². The van der Waals surface area contributed by atoms with Crippen LogP contribution < -0.4 is 4.74 Å². The highest BCUT2D eigenvalue weighted by Crippen LogP contribution is 2.29. The van der Waals surface area contributed by atoms with Gasteiger partial charge in [-0.3, -0.25) is 4.57 Å². The van der Waals surface area contributed by atoms with Gasteiger partial charge in [-0.2, -0.15) is 4.98 Å². The van der Waals surface area contributed by atoms with Crippen LogP contribution in [0.3, 0.4) is 0 Å². The molecule has 0 unspecified atom stereocenters. The summed E-state index contributed by atoms with van der Waals surface area (Å²) < 4.78 is 18.3. The average molecular weight is 452 g/mol. The third kappa shape index (κ3) is 4.25. The van der Waals surface area contributed by atoms with Crippen LogP contribution in [0, 0.1) is 0 Å². The predicted octanol–water partition coefficient (Wildman–Crippen LogP) is 5.00. The first-order chi connectivity index (χ1) is 15.3. The van der Waals surface area contributed by atoms with Gasteiger partial charge in [-0.05, 0) is 35.7 Å². The highest BCUT2D eigenvalue weighted by molar-refractivity contribution is 7.98. The molecule has 0 atom stereocenters. The molecule has 0 amide bonds. The van der Waals surface area contributed by atoms with E-state index in [0.717, 1.165) is 32.9 Å². The summed E-state index contributed by atoms with van der Waals surface area (Å²) in [5, 5.41) is 15.6. The Bertz CT molecular complexity index is 1260. The van der Waals surface area contributed by atoms with Gasteiger partial charge >= 0.3 is 0 Å². The summed E-state index contributed by atoms with van der Waals surface area (Å²) in [5.41, 5.74) is 0.907. The lowest BCUT2D eigenvalue weighted by Gasteiger charge is -2.09. The van der Waals surface area contributed by atoms with Crippen LogP contribution in [0.5, 0.6) is 5.75 Å². The molecule has 0 fully saturated rings. The van der Waals surface area contributed by atoms with Crippen molar-refractivity contribution in [3.8, 4) is 27.9 Å². The topological polar surface area (TPSA) is 92.0 Å². The van der Waals surface area contributed by atoms with Crippen molar-refractivity contribution in [2.24, 2.45) is 0 Å². The molecule has 0 bridgehead atoms. The Morgan fingerprint density at radius 1 is 1.13 bits per heavy atom. The monoisotopic (exact) mass is 451 g/mol. The lowest BCUT2D eigenvalue weighted by molar-refractivity contribution is 0.415. The fourth-order valence-electron chi connectivity index (χ4n) is 3.01. The summed E-state index contributed by atoms with van der Waals surface area (Å²) in [4.78, 5) is 5.43. The van der Waals surface area contributed by atoms with Crippen molar-refractivity contribution in [3.63, 3.8) is 0 Å². The van der Waals surface area contributed by atoms with Crippen LogP contribution in [0.2, 0.25) is 0 Å². The van der Waals surface area contributed by atoms with Crippen LogP contribution in [0.15, 0.2) is 74.3 Å². The van der Waals surface area contributed by atoms with Gasteiger partial charge in [-0.1, -0.05) is 35.1 Å². The SMILES string of the molecule is COc1cccc(-c2nnc(SCc3noc(-c4cccs4)n3)n2Cc2ccco2)c1. The lowest BCUT2D eigenvalue weighted by atomic mass is 10.2. The molecule has 4 aromatic heterocycles. The van der Waals surface area contributed by atoms with E-state index >= 15 is 0 Å². The van der Waals surface area contributed by atoms with Crippen LogP contribution in [-0.2, 0) is 12.3 Å². The van der Waals surface area contributed by atoms with Crippen molar-refractivity contribution in [1.82, 2.24) is 24.9 Å². The molecule has 10 heteroatoms. The molecule has 156 valence electrons. The Labute approximate surface area is 185 Å². The number of ether oxygens (including phenoxy) is 1. The van der Waals surface area contributed by atoms with Crippen LogP contribution in [0.25, 0.3) is 22.2 Å². The van der Waals surface area contributed by atoms with Crippen molar-refractivity contribution in [2.75, 3.05) is 7.11 Å². The maximum Gasteiger partial charge on any atom is 0.268 e. The Morgan fingerprint density at radius 2 is 2.10 bits per heavy atom. The minimum Gasteiger partial charge on any atom is -0.497 e. The normalized spacial score (nSPS) is 11.1. The Morgan fingerprint density at radius 3 is 2.90 bits per heavy atom. The number of hydrogen-bond acceptors (Lipinski definition) is 9.